The fourth-order valence-corrected chi connectivity index (χ4v) is 5.78. The van der Waals surface area contributed by atoms with Crippen molar-refractivity contribution in [2.24, 2.45) is 11.8 Å². The highest BCUT2D eigenvalue weighted by atomic mass is 16.6. The molecule has 2 heterocycles. The molecule has 6 rings (SSSR count). The maximum Gasteiger partial charge on any atom is 0.273 e. The van der Waals surface area contributed by atoms with Gasteiger partial charge in [0.05, 0.1) is 41.7 Å². The lowest BCUT2D eigenvalue weighted by atomic mass is 9.77. The maximum atomic E-state index is 14.1. The van der Waals surface area contributed by atoms with Crippen molar-refractivity contribution < 1.29 is 33.6 Å². The number of carbonyl (C=O) groups is 4. The fraction of sp³-hybridized carbons (Fsp3) is 0.214. The first-order chi connectivity index (χ1) is 18.2. The minimum atomic E-state index is -2.21. The number of nitrogens with zero attached hydrogens (tertiary/aromatic N) is 2. The Kier molecular flexibility index (Phi) is 5.08. The number of nitro groups is 1. The van der Waals surface area contributed by atoms with E-state index in [1.807, 2.05) is 19.1 Å². The number of carbonyl (C=O) groups excluding carboxylic acids is 4. The molecule has 1 aliphatic carbocycles. The minimum Gasteiger partial charge on any atom is -0.494 e. The number of non-ortho nitro benzene ring substituents is 1. The van der Waals surface area contributed by atoms with Gasteiger partial charge in [-0.15, -0.1) is 0 Å². The van der Waals surface area contributed by atoms with Crippen molar-refractivity contribution in [1.29, 1.82) is 0 Å². The van der Waals surface area contributed by atoms with Crippen molar-refractivity contribution in [1.82, 2.24) is 0 Å². The number of rotatable bonds is 4. The van der Waals surface area contributed by atoms with Gasteiger partial charge in [0.15, 0.2) is 0 Å². The van der Waals surface area contributed by atoms with Gasteiger partial charge in [0.1, 0.15) is 5.75 Å². The van der Waals surface area contributed by atoms with Crippen LogP contribution in [0.4, 0.5) is 11.4 Å². The quantitative estimate of drug-likeness (QED) is 0.224. The zero-order valence-electron chi connectivity index (χ0n) is 20.2. The molecule has 0 N–H and O–H groups in total. The van der Waals surface area contributed by atoms with Crippen LogP contribution in [-0.4, -0.2) is 41.0 Å². The average Bonchev–Trinajstić information content (AvgIpc) is 3.48. The summed E-state index contributed by atoms with van der Waals surface area (Å²) in [6.45, 7) is 1.89. The topological polar surface area (TPSA) is 133 Å². The summed E-state index contributed by atoms with van der Waals surface area (Å²) in [6, 6.07) is 16.8. The van der Waals surface area contributed by atoms with Crippen LogP contribution in [0.2, 0.25) is 0 Å². The third kappa shape index (κ3) is 2.97. The molecule has 2 fully saturated rings. The van der Waals surface area contributed by atoms with Gasteiger partial charge in [-0.05, 0) is 18.6 Å². The van der Waals surface area contributed by atoms with Gasteiger partial charge in [-0.2, -0.15) is 0 Å². The lowest BCUT2D eigenvalue weighted by molar-refractivity contribution is -0.384. The molecule has 3 atom stereocenters. The van der Waals surface area contributed by atoms with E-state index in [1.54, 1.807) is 24.3 Å². The van der Waals surface area contributed by atoms with Crippen molar-refractivity contribution in [3.05, 3.63) is 99.1 Å². The van der Waals surface area contributed by atoms with E-state index in [0.29, 0.717) is 5.56 Å². The second-order valence-electron chi connectivity index (χ2n) is 9.52. The molecule has 38 heavy (non-hydrogen) atoms. The number of methoxy groups -OCH3 is 1. The minimum absolute atomic E-state index is 0.0179. The number of aryl methyl sites for hydroxylation is 1. The summed E-state index contributed by atoms with van der Waals surface area (Å²) in [6.07, 6.45) is -1.06. The molecule has 1 spiro atoms. The molecule has 2 saturated heterocycles. The number of hydrogen-bond acceptors (Lipinski definition) is 8. The highest BCUT2D eigenvalue weighted by molar-refractivity contribution is 6.37. The Bertz CT molecular complexity index is 1540. The van der Waals surface area contributed by atoms with Crippen LogP contribution >= 0.6 is 0 Å². The van der Waals surface area contributed by atoms with Crippen LogP contribution in [-0.2, 0) is 14.3 Å². The zero-order valence-corrected chi connectivity index (χ0v) is 20.2. The third-order valence-corrected chi connectivity index (χ3v) is 7.54. The number of anilines is 1. The Labute approximate surface area is 215 Å². The van der Waals surface area contributed by atoms with Crippen LogP contribution in [0.25, 0.3) is 0 Å². The van der Waals surface area contributed by atoms with E-state index in [2.05, 4.69) is 0 Å². The smallest absolute Gasteiger partial charge is 0.273 e. The van der Waals surface area contributed by atoms with E-state index < -0.39 is 51.8 Å². The number of imide groups is 1. The highest BCUT2D eigenvalue weighted by Gasteiger charge is 2.74. The molecule has 3 aromatic carbocycles. The molecule has 10 heteroatoms. The normalized spacial score (nSPS) is 23.2. The van der Waals surface area contributed by atoms with Gasteiger partial charge in [0, 0.05) is 17.2 Å². The number of ketones is 2. The Morgan fingerprint density at radius 1 is 0.921 bits per heavy atom. The van der Waals surface area contributed by atoms with Crippen molar-refractivity contribution in [2.45, 2.75) is 18.6 Å². The summed E-state index contributed by atoms with van der Waals surface area (Å²) in [7, 11) is 1.26. The second-order valence-corrected chi connectivity index (χ2v) is 9.52. The SMILES string of the molecule is COc1cc([N+](=O)[O-])ccc1N1C(=O)[C@H]2[C@@H](C1=O)C1(O[C@H]2c2ccc(C)cc2)C(=O)c2ccccc2C1=O. The number of ether oxygens (including phenoxy) is 2. The highest BCUT2D eigenvalue weighted by Crippen LogP contribution is 2.58. The first-order valence-electron chi connectivity index (χ1n) is 11.8. The largest absolute Gasteiger partial charge is 0.494 e. The lowest BCUT2D eigenvalue weighted by Gasteiger charge is -2.27. The predicted molar refractivity (Wildman–Crippen MR) is 132 cm³/mol. The zero-order chi connectivity index (χ0) is 26.9. The molecule has 0 bridgehead atoms. The standard InChI is InChI=1S/C28H20N2O8/c1-14-7-9-15(10-8-14)23-21-22(28(38-23)24(31)17-5-3-4-6-18(17)25(28)32)27(34)29(26(21)33)19-12-11-16(30(35)36)13-20(19)37-2/h3-13,21-23H,1-2H3/t21-,22-,23-/m0/s1. The molecule has 10 nitrogen and oxygen atoms in total. The molecule has 190 valence electrons. The van der Waals surface area contributed by atoms with E-state index in [-0.39, 0.29) is 28.3 Å². The summed E-state index contributed by atoms with van der Waals surface area (Å²) >= 11 is 0. The Morgan fingerprint density at radius 3 is 2.13 bits per heavy atom. The molecular weight excluding hydrogens is 492 g/mol. The van der Waals surface area contributed by atoms with E-state index in [1.165, 1.54) is 25.3 Å². The monoisotopic (exact) mass is 512 g/mol. The van der Waals surface area contributed by atoms with Crippen LogP contribution in [0.1, 0.15) is 37.9 Å². The van der Waals surface area contributed by atoms with Crippen LogP contribution in [0.3, 0.4) is 0 Å². The molecule has 0 radical (unpaired) electrons. The fourth-order valence-electron chi connectivity index (χ4n) is 5.78. The molecule has 3 aliphatic rings. The van der Waals surface area contributed by atoms with Gasteiger partial charge in [-0.1, -0.05) is 54.1 Å². The molecule has 0 unspecified atom stereocenters. The summed E-state index contributed by atoms with van der Waals surface area (Å²) in [5.41, 5.74) is -0.768. The van der Waals surface area contributed by atoms with E-state index in [0.717, 1.165) is 22.6 Å². The third-order valence-electron chi connectivity index (χ3n) is 7.54. The number of fused-ring (bicyclic) bond motifs is 3. The van der Waals surface area contributed by atoms with E-state index >= 15 is 0 Å². The van der Waals surface area contributed by atoms with Gasteiger partial charge in [-0.3, -0.25) is 29.3 Å². The van der Waals surface area contributed by atoms with E-state index in [4.69, 9.17) is 9.47 Å². The summed E-state index contributed by atoms with van der Waals surface area (Å²) in [5, 5.41) is 11.3. The number of Topliss-reactive ketones (excluding diaryl/α,β-unsaturated/α-hetero) is 2. The van der Waals surface area contributed by atoms with Gasteiger partial charge < -0.3 is 9.47 Å². The summed E-state index contributed by atoms with van der Waals surface area (Å²) in [4.78, 5) is 67.2. The van der Waals surface area contributed by atoms with Gasteiger partial charge in [-0.25, -0.2) is 4.90 Å². The molecule has 3 aromatic rings. The van der Waals surface area contributed by atoms with Gasteiger partial charge in [0.25, 0.3) is 5.69 Å². The molecule has 2 amide bonds. The van der Waals surface area contributed by atoms with Gasteiger partial charge in [0.2, 0.25) is 29.0 Å². The van der Waals surface area contributed by atoms with E-state index in [9.17, 15) is 29.3 Å². The average molecular weight is 512 g/mol. The van der Waals surface area contributed by atoms with Crippen LogP contribution in [0.15, 0.2) is 66.7 Å². The summed E-state index contributed by atoms with van der Waals surface area (Å²) in [5.74, 6) is -5.53. The Hall–Kier alpha value is -4.70. The Morgan fingerprint density at radius 2 is 1.55 bits per heavy atom. The molecular formula is C28H20N2O8. The van der Waals surface area contributed by atoms with Gasteiger partial charge >= 0.3 is 0 Å². The van der Waals surface area contributed by atoms with Crippen LogP contribution < -0.4 is 9.64 Å². The first kappa shape index (κ1) is 23.7. The maximum absolute atomic E-state index is 14.1. The number of hydrogen-bond donors (Lipinski definition) is 0. The number of nitro benzene ring substituents is 1. The molecule has 0 aromatic heterocycles. The Balaban J connectivity index is 1.54. The van der Waals surface area contributed by atoms with Crippen LogP contribution in [0, 0.1) is 28.9 Å². The van der Waals surface area contributed by atoms with Crippen molar-refractivity contribution in [3.8, 4) is 5.75 Å². The molecule has 0 saturated carbocycles. The van der Waals surface area contributed by atoms with Crippen molar-refractivity contribution >= 4 is 34.8 Å². The van der Waals surface area contributed by atoms with Crippen molar-refractivity contribution in [2.75, 3.05) is 12.0 Å². The first-order valence-corrected chi connectivity index (χ1v) is 11.8. The molecule has 2 aliphatic heterocycles. The lowest BCUT2D eigenvalue weighted by Crippen LogP contribution is -2.51. The number of benzene rings is 3. The second kappa shape index (κ2) is 8.15. The summed E-state index contributed by atoms with van der Waals surface area (Å²) < 4.78 is 11.5. The van der Waals surface area contributed by atoms with Crippen molar-refractivity contribution in [3.63, 3.8) is 0 Å². The predicted octanol–water partition coefficient (Wildman–Crippen LogP) is 3.61. The number of amides is 2. The van der Waals surface area contributed by atoms with Crippen LogP contribution in [0.5, 0.6) is 5.75 Å².